The highest BCUT2D eigenvalue weighted by Crippen LogP contribution is 2.38. The Morgan fingerprint density at radius 2 is 2.24 bits per heavy atom. The van der Waals surface area contributed by atoms with Crippen molar-refractivity contribution in [1.82, 2.24) is 15.2 Å². The van der Waals surface area contributed by atoms with E-state index in [2.05, 4.69) is 15.2 Å². The van der Waals surface area contributed by atoms with Crippen LogP contribution in [0.2, 0.25) is 0 Å². The first-order valence-electron chi connectivity index (χ1n) is 7.72. The summed E-state index contributed by atoms with van der Waals surface area (Å²) in [5.41, 5.74) is 0.928. The normalized spacial score (nSPS) is 26.6. The Bertz CT molecular complexity index is 520. The molecule has 0 aromatic carbocycles. The van der Waals surface area contributed by atoms with Gasteiger partial charge in [0, 0.05) is 19.2 Å². The average Bonchev–Trinajstić information content (AvgIpc) is 2.73. The minimum absolute atomic E-state index is 0.101. The summed E-state index contributed by atoms with van der Waals surface area (Å²) < 4.78 is 5.18. The van der Waals surface area contributed by atoms with Gasteiger partial charge in [-0.3, -0.25) is 9.69 Å². The molecule has 3 rings (SSSR count). The van der Waals surface area contributed by atoms with Crippen molar-refractivity contribution in [1.29, 1.82) is 0 Å². The molecule has 0 aliphatic carbocycles. The van der Waals surface area contributed by atoms with E-state index in [9.17, 15) is 4.79 Å². The Hall–Kier alpha value is -1.62. The predicted molar refractivity (Wildman–Crippen MR) is 80.0 cm³/mol. The maximum absolute atomic E-state index is 12.1. The highest BCUT2D eigenvalue weighted by atomic mass is 16.5. The molecule has 2 aliphatic rings. The Morgan fingerprint density at radius 1 is 1.33 bits per heavy atom. The van der Waals surface area contributed by atoms with Crippen molar-refractivity contribution >= 4 is 5.91 Å². The lowest BCUT2D eigenvalue weighted by molar-refractivity contribution is -0.128. The number of carbonyl (C=O) groups excluding carboxylic acids is 1. The van der Waals surface area contributed by atoms with E-state index in [1.807, 2.05) is 18.2 Å². The van der Waals surface area contributed by atoms with Crippen LogP contribution in [0.25, 0.3) is 0 Å². The lowest BCUT2D eigenvalue weighted by Gasteiger charge is -2.24. The van der Waals surface area contributed by atoms with Crippen LogP contribution in [-0.2, 0) is 11.3 Å². The van der Waals surface area contributed by atoms with Crippen LogP contribution in [0.4, 0.5) is 0 Å². The smallest absolute Gasteiger partial charge is 0.226 e. The van der Waals surface area contributed by atoms with E-state index >= 15 is 0 Å². The Labute approximate surface area is 125 Å². The number of pyridine rings is 1. The molecule has 0 radical (unpaired) electrons. The standard InChI is InChI=1S/C16H23N3O2/c1-21-14-5-2-4-13(18-14)12-19-10-3-6-16(8-11-19)7-9-17-15(16)20/h2,4-5H,3,6-12H2,1H3,(H,17,20). The molecule has 1 N–H and O–H groups in total. The number of hydrogen-bond acceptors (Lipinski definition) is 4. The van der Waals surface area contributed by atoms with Crippen LogP contribution in [0.5, 0.6) is 5.88 Å². The second-order valence-corrected chi connectivity index (χ2v) is 6.09. The fourth-order valence-electron chi connectivity index (χ4n) is 3.49. The molecule has 5 nitrogen and oxygen atoms in total. The highest BCUT2D eigenvalue weighted by molar-refractivity contribution is 5.84. The van der Waals surface area contributed by atoms with Crippen molar-refractivity contribution in [3.63, 3.8) is 0 Å². The van der Waals surface area contributed by atoms with E-state index in [0.717, 1.165) is 57.6 Å². The SMILES string of the molecule is COc1cccc(CN2CCCC3(CCNC3=O)CC2)n1. The molecule has 1 atom stereocenters. The molecule has 1 spiro atoms. The zero-order valence-electron chi connectivity index (χ0n) is 12.6. The second kappa shape index (κ2) is 6.02. The number of rotatable bonds is 3. The maximum Gasteiger partial charge on any atom is 0.226 e. The fraction of sp³-hybridized carbons (Fsp3) is 0.625. The van der Waals surface area contributed by atoms with Gasteiger partial charge in [0.15, 0.2) is 0 Å². The van der Waals surface area contributed by atoms with E-state index in [0.29, 0.717) is 5.88 Å². The molecule has 2 aliphatic heterocycles. The van der Waals surface area contributed by atoms with Crippen molar-refractivity contribution in [2.45, 2.75) is 32.2 Å². The van der Waals surface area contributed by atoms with E-state index in [1.165, 1.54) is 0 Å². The molecule has 21 heavy (non-hydrogen) atoms. The Morgan fingerprint density at radius 3 is 3.00 bits per heavy atom. The molecule has 0 saturated carbocycles. The van der Waals surface area contributed by atoms with Crippen molar-refractivity contribution in [2.75, 3.05) is 26.7 Å². The summed E-state index contributed by atoms with van der Waals surface area (Å²) in [5.74, 6) is 0.929. The number of ether oxygens (including phenoxy) is 1. The number of amides is 1. The minimum Gasteiger partial charge on any atom is -0.481 e. The van der Waals surface area contributed by atoms with E-state index in [1.54, 1.807) is 7.11 Å². The van der Waals surface area contributed by atoms with Crippen molar-refractivity contribution in [3.8, 4) is 5.88 Å². The van der Waals surface area contributed by atoms with Crippen LogP contribution in [-0.4, -0.2) is 42.5 Å². The first kappa shape index (κ1) is 14.3. The van der Waals surface area contributed by atoms with Crippen LogP contribution >= 0.6 is 0 Å². The molecule has 0 bridgehead atoms. The largest absolute Gasteiger partial charge is 0.481 e. The number of carbonyl (C=O) groups is 1. The Balaban J connectivity index is 1.64. The van der Waals surface area contributed by atoms with Crippen molar-refractivity contribution in [2.24, 2.45) is 5.41 Å². The zero-order chi connectivity index (χ0) is 14.7. The number of nitrogens with zero attached hydrogens (tertiary/aromatic N) is 2. The van der Waals surface area contributed by atoms with E-state index in [-0.39, 0.29) is 11.3 Å². The molecule has 5 heteroatoms. The van der Waals surface area contributed by atoms with Crippen LogP contribution in [0.15, 0.2) is 18.2 Å². The van der Waals surface area contributed by atoms with Crippen LogP contribution in [0.3, 0.4) is 0 Å². The molecule has 1 unspecified atom stereocenters. The quantitative estimate of drug-likeness (QED) is 0.918. The van der Waals surface area contributed by atoms with Crippen LogP contribution in [0.1, 0.15) is 31.4 Å². The number of likely N-dealkylation sites (tertiary alicyclic amines) is 1. The number of methoxy groups -OCH3 is 1. The van der Waals surface area contributed by atoms with Gasteiger partial charge in [-0.2, -0.15) is 0 Å². The number of hydrogen-bond donors (Lipinski definition) is 1. The third-order valence-electron chi connectivity index (χ3n) is 4.78. The molecule has 114 valence electrons. The summed E-state index contributed by atoms with van der Waals surface area (Å²) >= 11 is 0. The molecule has 1 aromatic rings. The summed E-state index contributed by atoms with van der Waals surface area (Å²) in [6.45, 7) is 3.67. The third kappa shape index (κ3) is 3.02. The minimum atomic E-state index is -0.101. The fourth-order valence-corrected chi connectivity index (χ4v) is 3.49. The topological polar surface area (TPSA) is 54.5 Å². The summed E-state index contributed by atoms with van der Waals surface area (Å²) in [6.07, 6.45) is 4.05. The first-order chi connectivity index (χ1) is 10.2. The van der Waals surface area contributed by atoms with Gasteiger partial charge >= 0.3 is 0 Å². The summed E-state index contributed by atoms with van der Waals surface area (Å²) in [6, 6.07) is 5.88. The van der Waals surface area contributed by atoms with Gasteiger partial charge in [0.25, 0.3) is 0 Å². The van der Waals surface area contributed by atoms with Gasteiger partial charge in [-0.1, -0.05) is 6.07 Å². The van der Waals surface area contributed by atoms with Crippen molar-refractivity contribution < 1.29 is 9.53 Å². The van der Waals surface area contributed by atoms with Crippen molar-refractivity contribution in [3.05, 3.63) is 23.9 Å². The predicted octanol–water partition coefficient (Wildman–Crippen LogP) is 1.58. The second-order valence-electron chi connectivity index (χ2n) is 6.09. The van der Waals surface area contributed by atoms with E-state index in [4.69, 9.17) is 4.74 Å². The van der Waals surface area contributed by atoms with Gasteiger partial charge in [0.05, 0.1) is 18.2 Å². The first-order valence-corrected chi connectivity index (χ1v) is 7.72. The van der Waals surface area contributed by atoms with Crippen LogP contribution in [0, 0.1) is 5.41 Å². The molecule has 1 aromatic heterocycles. The highest BCUT2D eigenvalue weighted by Gasteiger charge is 2.42. The Kier molecular flexibility index (Phi) is 4.10. The molecule has 2 fully saturated rings. The number of aromatic nitrogens is 1. The summed E-state index contributed by atoms with van der Waals surface area (Å²) in [5, 5.41) is 3.00. The summed E-state index contributed by atoms with van der Waals surface area (Å²) in [4.78, 5) is 19.0. The lowest BCUT2D eigenvalue weighted by atomic mass is 9.79. The molecule has 3 heterocycles. The zero-order valence-corrected chi connectivity index (χ0v) is 12.6. The van der Waals surface area contributed by atoms with Gasteiger partial charge in [0.1, 0.15) is 0 Å². The maximum atomic E-state index is 12.1. The van der Waals surface area contributed by atoms with E-state index < -0.39 is 0 Å². The average molecular weight is 289 g/mol. The van der Waals surface area contributed by atoms with Gasteiger partial charge in [-0.25, -0.2) is 4.98 Å². The molecule has 2 saturated heterocycles. The molecular formula is C16H23N3O2. The van der Waals surface area contributed by atoms with Gasteiger partial charge in [-0.15, -0.1) is 0 Å². The van der Waals surface area contributed by atoms with Crippen LogP contribution < -0.4 is 10.1 Å². The lowest BCUT2D eigenvalue weighted by Crippen LogP contribution is -2.32. The monoisotopic (exact) mass is 289 g/mol. The third-order valence-corrected chi connectivity index (χ3v) is 4.78. The number of nitrogens with one attached hydrogen (secondary N) is 1. The van der Waals surface area contributed by atoms with Gasteiger partial charge in [0.2, 0.25) is 11.8 Å². The van der Waals surface area contributed by atoms with Gasteiger partial charge < -0.3 is 10.1 Å². The van der Waals surface area contributed by atoms with Gasteiger partial charge in [-0.05, 0) is 44.8 Å². The molecule has 1 amide bonds. The molecular weight excluding hydrogens is 266 g/mol. The summed E-state index contributed by atoms with van der Waals surface area (Å²) in [7, 11) is 1.64.